The van der Waals surface area contributed by atoms with Crippen LogP contribution in [-0.4, -0.2) is 56.9 Å². The summed E-state index contributed by atoms with van der Waals surface area (Å²) >= 11 is 1.47. The Labute approximate surface area is 197 Å². The first kappa shape index (κ1) is 23.0. The number of anilines is 2. The van der Waals surface area contributed by atoms with E-state index in [0.717, 1.165) is 28.1 Å². The van der Waals surface area contributed by atoms with Gasteiger partial charge in [-0.25, -0.2) is 14.6 Å². The maximum Gasteiger partial charge on any atom is 0.227 e. The molecule has 1 unspecified atom stereocenters. The topological polar surface area (TPSA) is 105 Å². The Balaban J connectivity index is 1.39. The monoisotopic (exact) mass is 467 g/mol. The number of carbonyl (C=O) groups excluding carboxylic acids is 2. The number of aryl methyl sites for hydroxylation is 1. The van der Waals surface area contributed by atoms with E-state index >= 15 is 0 Å². The summed E-state index contributed by atoms with van der Waals surface area (Å²) in [5.41, 5.74) is 2.69. The van der Waals surface area contributed by atoms with Crippen LogP contribution in [0.4, 0.5) is 11.5 Å². The maximum absolute atomic E-state index is 12.7. The minimum absolute atomic E-state index is 0.0245. The van der Waals surface area contributed by atoms with Crippen molar-refractivity contribution in [2.45, 2.75) is 44.9 Å². The number of benzene rings is 1. The van der Waals surface area contributed by atoms with Crippen LogP contribution in [0.5, 0.6) is 0 Å². The molecule has 10 heteroatoms. The highest BCUT2D eigenvalue weighted by Gasteiger charge is 2.34. The van der Waals surface area contributed by atoms with Crippen molar-refractivity contribution in [3.8, 4) is 0 Å². The lowest BCUT2D eigenvalue weighted by atomic mass is 10.1. The minimum atomic E-state index is -0.361. The van der Waals surface area contributed by atoms with Crippen LogP contribution in [0.3, 0.4) is 0 Å². The molecule has 1 aliphatic heterocycles. The predicted octanol–water partition coefficient (Wildman–Crippen LogP) is 2.85. The molecule has 1 fully saturated rings. The molecule has 1 aromatic carbocycles. The zero-order chi connectivity index (χ0) is 23.5. The Morgan fingerprint density at radius 2 is 2.00 bits per heavy atom. The number of hydrogen-bond donors (Lipinski definition) is 2. The molecule has 0 bridgehead atoms. The summed E-state index contributed by atoms with van der Waals surface area (Å²) in [6.07, 6.45) is 3.91. The molecule has 0 saturated carbocycles. The lowest BCUT2D eigenvalue weighted by Crippen LogP contribution is -2.35. The van der Waals surface area contributed by atoms with Gasteiger partial charge in [0.25, 0.3) is 0 Å². The summed E-state index contributed by atoms with van der Waals surface area (Å²) in [5, 5.41) is 12.3. The normalized spacial score (nSPS) is 16.1. The van der Waals surface area contributed by atoms with E-state index in [0.29, 0.717) is 24.8 Å². The van der Waals surface area contributed by atoms with Crippen molar-refractivity contribution in [2.75, 3.05) is 29.6 Å². The zero-order valence-electron chi connectivity index (χ0n) is 19.3. The Morgan fingerprint density at radius 3 is 2.70 bits per heavy atom. The lowest BCUT2D eigenvalue weighted by molar-refractivity contribution is -0.126. The van der Waals surface area contributed by atoms with Crippen molar-refractivity contribution in [3.63, 3.8) is 0 Å². The predicted molar refractivity (Wildman–Crippen MR) is 131 cm³/mol. The number of fused-ring (bicyclic) bond motifs is 1. The van der Waals surface area contributed by atoms with Gasteiger partial charge in [0.05, 0.1) is 24.0 Å². The SMILES string of the molecule is CSc1nc(NC(C)C)c2cnn(CCNC(=O)C3CC(=O)N(c4ccc(C)cc4)C3)c2n1. The van der Waals surface area contributed by atoms with Crippen LogP contribution in [0.1, 0.15) is 25.8 Å². The van der Waals surface area contributed by atoms with Crippen LogP contribution < -0.4 is 15.5 Å². The highest BCUT2D eigenvalue weighted by molar-refractivity contribution is 7.98. The van der Waals surface area contributed by atoms with Gasteiger partial charge < -0.3 is 15.5 Å². The standard InChI is InChI=1S/C23H29N7O2S/c1-14(2)26-20-18-12-25-30(21(18)28-23(27-20)33-4)10-9-24-22(32)16-11-19(31)29(13-16)17-7-5-15(3)6-8-17/h5-8,12,14,16H,9-11,13H2,1-4H3,(H,24,32)(H,26,27,28). The third-order valence-electron chi connectivity index (χ3n) is 5.55. The van der Waals surface area contributed by atoms with Crippen molar-refractivity contribution < 1.29 is 9.59 Å². The summed E-state index contributed by atoms with van der Waals surface area (Å²) in [5.74, 6) is 0.260. The summed E-state index contributed by atoms with van der Waals surface area (Å²) in [6, 6.07) is 8.01. The number of carbonyl (C=O) groups is 2. The first-order chi connectivity index (χ1) is 15.9. The minimum Gasteiger partial charge on any atom is -0.367 e. The molecule has 1 saturated heterocycles. The van der Waals surface area contributed by atoms with Gasteiger partial charge in [-0.15, -0.1) is 0 Å². The Bertz CT molecular complexity index is 1160. The van der Waals surface area contributed by atoms with Gasteiger partial charge in [-0.05, 0) is 39.2 Å². The average Bonchev–Trinajstić information content (AvgIpc) is 3.37. The molecule has 4 rings (SSSR count). The number of thioether (sulfide) groups is 1. The van der Waals surface area contributed by atoms with Crippen molar-refractivity contribution in [3.05, 3.63) is 36.0 Å². The molecular weight excluding hydrogens is 438 g/mol. The van der Waals surface area contributed by atoms with Crippen LogP contribution in [0, 0.1) is 12.8 Å². The highest BCUT2D eigenvalue weighted by atomic mass is 32.2. The summed E-state index contributed by atoms with van der Waals surface area (Å²) < 4.78 is 1.78. The number of rotatable bonds is 8. The van der Waals surface area contributed by atoms with Gasteiger partial charge in [-0.3, -0.25) is 9.59 Å². The quantitative estimate of drug-likeness (QED) is 0.388. The summed E-state index contributed by atoms with van der Waals surface area (Å²) in [4.78, 5) is 36.0. The van der Waals surface area contributed by atoms with Crippen LogP contribution >= 0.6 is 11.8 Å². The molecule has 9 nitrogen and oxygen atoms in total. The van der Waals surface area contributed by atoms with Crippen LogP contribution in [0.15, 0.2) is 35.6 Å². The lowest BCUT2D eigenvalue weighted by Gasteiger charge is -2.17. The van der Waals surface area contributed by atoms with Gasteiger partial charge in [-0.1, -0.05) is 29.5 Å². The number of hydrogen-bond acceptors (Lipinski definition) is 7. The molecule has 2 amide bonds. The van der Waals surface area contributed by atoms with E-state index in [-0.39, 0.29) is 30.2 Å². The molecule has 3 aromatic rings. The Kier molecular flexibility index (Phi) is 6.83. The second-order valence-electron chi connectivity index (χ2n) is 8.49. The molecule has 0 radical (unpaired) electrons. The van der Waals surface area contributed by atoms with Gasteiger partial charge in [0.1, 0.15) is 5.82 Å². The van der Waals surface area contributed by atoms with Crippen molar-refractivity contribution in [2.24, 2.45) is 5.92 Å². The molecule has 33 heavy (non-hydrogen) atoms. The average molecular weight is 468 g/mol. The molecule has 3 heterocycles. The van der Waals surface area contributed by atoms with E-state index in [4.69, 9.17) is 0 Å². The van der Waals surface area contributed by atoms with Gasteiger partial charge >= 0.3 is 0 Å². The largest absolute Gasteiger partial charge is 0.367 e. The van der Waals surface area contributed by atoms with Crippen molar-refractivity contribution in [1.82, 2.24) is 25.1 Å². The fraction of sp³-hybridized carbons (Fsp3) is 0.435. The van der Waals surface area contributed by atoms with Gasteiger partial charge in [0.2, 0.25) is 11.8 Å². The second-order valence-corrected chi connectivity index (χ2v) is 9.27. The number of amides is 2. The smallest absolute Gasteiger partial charge is 0.227 e. The molecule has 0 aliphatic carbocycles. The van der Waals surface area contributed by atoms with Gasteiger partial charge in [-0.2, -0.15) is 5.10 Å². The summed E-state index contributed by atoms with van der Waals surface area (Å²) in [7, 11) is 0. The number of nitrogens with one attached hydrogen (secondary N) is 2. The van der Waals surface area contributed by atoms with E-state index in [9.17, 15) is 9.59 Å². The summed E-state index contributed by atoms with van der Waals surface area (Å²) in [6.45, 7) is 7.39. The molecule has 1 atom stereocenters. The molecule has 1 aliphatic rings. The van der Waals surface area contributed by atoms with Gasteiger partial charge in [0, 0.05) is 31.2 Å². The van der Waals surface area contributed by atoms with Crippen molar-refractivity contribution in [1.29, 1.82) is 0 Å². The molecule has 174 valence electrons. The molecular formula is C23H29N7O2S. The molecule has 0 spiro atoms. The van der Waals surface area contributed by atoms with Crippen molar-refractivity contribution >= 4 is 46.1 Å². The Hall–Kier alpha value is -3.14. The fourth-order valence-corrected chi connectivity index (χ4v) is 4.22. The Morgan fingerprint density at radius 1 is 1.24 bits per heavy atom. The highest BCUT2D eigenvalue weighted by Crippen LogP contribution is 2.26. The first-order valence-corrected chi connectivity index (χ1v) is 12.3. The fourth-order valence-electron chi connectivity index (χ4n) is 3.86. The van der Waals surface area contributed by atoms with Crippen LogP contribution in [0.2, 0.25) is 0 Å². The maximum atomic E-state index is 12.7. The second kappa shape index (κ2) is 9.78. The number of aromatic nitrogens is 4. The first-order valence-electron chi connectivity index (χ1n) is 11.0. The molecule has 2 N–H and O–H groups in total. The van der Waals surface area contributed by atoms with E-state index in [2.05, 4.69) is 39.5 Å². The van der Waals surface area contributed by atoms with E-state index in [1.54, 1.807) is 15.8 Å². The van der Waals surface area contributed by atoms with E-state index in [1.165, 1.54) is 11.8 Å². The third-order valence-corrected chi connectivity index (χ3v) is 6.10. The van der Waals surface area contributed by atoms with E-state index in [1.807, 2.05) is 37.4 Å². The zero-order valence-corrected chi connectivity index (χ0v) is 20.1. The number of nitrogens with zero attached hydrogens (tertiary/aromatic N) is 5. The molecule has 2 aromatic heterocycles. The van der Waals surface area contributed by atoms with E-state index < -0.39 is 0 Å². The third kappa shape index (κ3) is 5.11. The van der Waals surface area contributed by atoms with Gasteiger partial charge in [0.15, 0.2) is 10.8 Å². The van der Waals surface area contributed by atoms with Crippen LogP contribution in [-0.2, 0) is 16.1 Å². The van der Waals surface area contributed by atoms with Crippen LogP contribution in [0.25, 0.3) is 11.0 Å².